The highest BCUT2D eigenvalue weighted by Crippen LogP contribution is 2.66. The molecular weight excluding hydrogens is 750 g/mol. The second kappa shape index (κ2) is 38.7. The zero-order valence-electron chi connectivity index (χ0n) is 32.9. The maximum Gasteiger partial charge on any atom is 0.508 e. The molecule has 2 amide bonds. The van der Waals surface area contributed by atoms with E-state index < -0.39 is 83.8 Å². The van der Waals surface area contributed by atoms with Gasteiger partial charge in [-0.05, 0) is 40.5 Å². The predicted octanol–water partition coefficient (Wildman–Crippen LogP) is 3.82. The largest absolute Gasteiger partial charge is 0.508 e. The van der Waals surface area contributed by atoms with E-state index in [0.29, 0.717) is 6.61 Å². The summed E-state index contributed by atoms with van der Waals surface area (Å²) in [7, 11) is 2.37. The van der Waals surface area contributed by atoms with Gasteiger partial charge in [0.1, 0.15) is 38.1 Å². The molecule has 0 fully saturated rings. The van der Waals surface area contributed by atoms with Gasteiger partial charge in [-0.25, -0.2) is 19.2 Å². The third kappa shape index (κ3) is 39.2. The van der Waals surface area contributed by atoms with E-state index in [1.165, 1.54) is 7.11 Å². The van der Waals surface area contributed by atoms with Crippen molar-refractivity contribution < 1.29 is 72.4 Å². The molecule has 5 N–H and O–H groups in total. The highest BCUT2D eigenvalue weighted by molar-refractivity contribution is 8.38. The summed E-state index contributed by atoms with van der Waals surface area (Å²) in [6.07, 6.45) is 6.75. The number of hydrogen-bond donors (Lipinski definition) is 5. The van der Waals surface area contributed by atoms with Gasteiger partial charge in [0.25, 0.3) is 0 Å². The molecule has 0 spiro atoms. The van der Waals surface area contributed by atoms with Crippen molar-refractivity contribution in [2.45, 2.75) is 66.2 Å². The van der Waals surface area contributed by atoms with Crippen molar-refractivity contribution in [2.75, 3.05) is 80.8 Å². The normalized spacial score (nSPS) is 10.7. The van der Waals surface area contributed by atoms with Crippen LogP contribution in [0.1, 0.15) is 48.5 Å². The molecule has 0 aromatic heterocycles. The zero-order valence-corrected chi connectivity index (χ0v) is 34.7. The average molecular weight is 809 g/mol. The van der Waals surface area contributed by atoms with Gasteiger partial charge in [-0.1, -0.05) is 36.5 Å². The van der Waals surface area contributed by atoms with Crippen LogP contribution in [-0.4, -0.2) is 138 Å². The fourth-order valence-electron chi connectivity index (χ4n) is 2.58. The van der Waals surface area contributed by atoms with Gasteiger partial charge in [-0.2, -0.15) is 0 Å². The molecule has 19 heteroatoms. The summed E-state index contributed by atoms with van der Waals surface area (Å²) in [5.74, 6) is 5.73. The number of ether oxygens (including phenoxy) is 8. The Kier molecular flexibility index (Phi) is 40.6. The molecule has 0 aromatic carbocycles. The number of aliphatic hydroxyl groups is 3. The predicted molar refractivity (Wildman–Crippen MR) is 205 cm³/mol. The highest BCUT2D eigenvalue weighted by atomic mass is 32.1. The molecule has 0 bridgehead atoms. The number of hydrogen-bond acceptors (Lipinski definition) is 15. The Bertz CT molecular complexity index is 1190. The Morgan fingerprint density at radius 2 is 1.15 bits per heavy atom. The summed E-state index contributed by atoms with van der Waals surface area (Å²) in [6, 6.07) is -1.92. The van der Waals surface area contributed by atoms with E-state index >= 15 is 0 Å². The maximum atomic E-state index is 12.0. The second-order valence-electron chi connectivity index (χ2n) is 11.0. The molecule has 0 saturated heterocycles. The van der Waals surface area contributed by atoms with Crippen LogP contribution in [0.4, 0.5) is 19.2 Å². The number of amides is 2. The smallest absolute Gasteiger partial charge is 0.449 e. The van der Waals surface area contributed by atoms with Crippen molar-refractivity contribution in [3.63, 3.8) is 0 Å². The lowest BCUT2D eigenvalue weighted by Gasteiger charge is -2.23. The van der Waals surface area contributed by atoms with Crippen LogP contribution in [0.2, 0.25) is 0 Å². The highest BCUT2D eigenvalue weighted by Gasteiger charge is 2.23. The van der Waals surface area contributed by atoms with Crippen LogP contribution in [0.5, 0.6) is 0 Å². The summed E-state index contributed by atoms with van der Waals surface area (Å²) in [5, 5.41) is 29.0. The number of carbonyl (C=O) groups is 4. The van der Waals surface area contributed by atoms with Crippen LogP contribution in [0.3, 0.4) is 0 Å². The third-order valence-corrected chi connectivity index (χ3v) is 8.95. The van der Waals surface area contributed by atoms with Gasteiger partial charge in [-0.15, -0.1) is 24.7 Å². The number of carbonyl (C=O) groups excluding carboxylic acids is 4. The molecule has 0 aliphatic carbocycles. The van der Waals surface area contributed by atoms with E-state index in [4.69, 9.17) is 56.2 Å². The Hall–Kier alpha value is -4.02. The molecular formula is C35H58N2O15P2. The van der Waals surface area contributed by atoms with E-state index in [0.717, 1.165) is 7.11 Å². The standard InChI is InChI=1S/C21H38N2O12.C10H8P2.C3H8O2.CH4O/c1-14(2)10-31-17(25)22-15(9-24)11-32-20(28)34-13-16(23-18(26)35-21(3,4)5)12-33-19(27)30-8-7-29-6;1-5-9-12(10-6-2)11(7-3)8-4;1-5-3-2-4;1-2/h14-16,24H,7-13H2,1-6H3,(H,22,25)(H,23,26);3-4H,1-2H3;4H,2-3H2,1H3;2H,1H3. The van der Waals surface area contributed by atoms with E-state index in [-0.39, 0.29) is 32.3 Å². The number of methoxy groups -OCH3 is 2. The number of aliphatic hydroxyl groups excluding tert-OH is 3. The number of terminal acetylenes is 2. The monoisotopic (exact) mass is 808 g/mol. The van der Waals surface area contributed by atoms with E-state index in [1.807, 2.05) is 13.8 Å². The Morgan fingerprint density at radius 3 is 1.52 bits per heavy atom. The summed E-state index contributed by atoms with van der Waals surface area (Å²) >= 11 is 0. The summed E-state index contributed by atoms with van der Waals surface area (Å²) in [6.45, 7) is 11.3. The lowest BCUT2D eigenvalue weighted by molar-refractivity contribution is 0.00866. The summed E-state index contributed by atoms with van der Waals surface area (Å²) in [4.78, 5) is 47.3. The van der Waals surface area contributed by atoms with Gasteiger partial charge in [0.2, 0.25) is 0 Å². The average Bonchev–Trinajstić information content (AvgIpc) is 3.12. The quantitative estimate of drug-likeness (QED) is 0.0463. The second-order valence-corrected chi connectivity index (χ2v) is 15.6. The van der Waals surface area contributed by atoms with Crippen LogP contribution >= 0.6 is 15.2 Å². The first-order valence-electron chi connectivity index (χ1n) is 16.1. The lowest BCUT2D eigenvalue weighted by atomic mass is 10.2. The van der Waals surface area contributed by atoms with Crippen LogP contribution in [0.15, 0.2) is 0 Å². The molecule has 2 atom stereocenters. The number of nitrogens with one attached hydrogen (secondary N) is 2. The minimum absolute atomic E-state index is 0.0343. The van der Waals surface area contributed by atoms with Crippen molar-refractivity contribution in [1.82, 2.24) is 10.6 Å². The van der Waals surface area contributed by atoms with Gasteiger partial charge in [0.15, 0.2) is 0 Å². The maximum absolute atomic E-state index is 12.0. The molecule has 0 aliphatic heterocycles. The molecule has 54 heavy (non-hydrogen) atoms. The van der Waals surface area contributed by atoms with Crippen LogP contribution in [0.25, 0.3) is 0 Å². The van der Waals surface area contributed by atoms with Crippen molar-refractivity contribution in [2.24, 2.45) is 5.92 Å². The molecule has 0 radical (unpaired) electrons. The van der Waals surface area contributed by atoms with Gasteiger partial charge in [0, 0.05) is 21.3 Å². The van der Waals surface area contributed by atoms with Gasteiger partial charge in [-0.3, -0.25) is 0 Å². The minimum Gasteiger partial charge on any atom is -0.449 e. The topological polar surface area (TPSA) is 227 Å². The molecule has 0 heterocycles. The van der Waals surface area contributed by atoms with Crippen molar-refractivity contribution in [1.29, 1.82) is 0 Å². The van der Waals surface area contributed by atoms with E-state index in [2.05, 4.69) is 49.9 Å². The van der Waals surface area contributed by atoms with Crippen LogP contribution < -0.4 is 10.6 Å². The third-order valence-electron chi connectivity index (χ3n) is 4.70. The molecule has 0 aromatic rings. The Morgan fingerprint density at radius 1 is 0.685 bits per heavy atom. The molecule has 2 unspecified atom stereocenters. The van der Waals surface area contributed by atoms with Gasteiger partial charge >= 0.3 is 24.5 Å². The molecule has 0 rings (SSSR count). The van der Waals surface area contributed by atoms with Gasteiger partial charge < -0.3 is 63.8 Å². The van der Waals surface area contributed by atoms with Gasteiger partial charge in [0.05, 0.1) is 54.3 Å². The Balaban J connectivity index is -0.000000538. The molecule has 17 nitrogen and oxygen atoms in total. The van der Waals surface area contributed by atoms with Crippen molar-refractivity contribution in [3.05, 3.63) is 0 Å². The zero-order chi connectivity index (χ0) is 42.4. The molecule has 0 saturated carbocycles. The van der Waals surface area contributed by atoms with E-state index in [1.54, 1.807) is 41.7 Å². The van der Waals surface area contributed by atoms with E-state index in [9.17, 15) is 24.3 Å². The van der Waals surface area contributed by atoms with Crippen molar-refractivity contribution in [3.8, 4) is 47.3 Å². The first kappa shape index (κ1) is 56.7. The number of rotatable bonds is 17. The minimum atomic E-state index is -1.15. The number of alkyl carbamates (subject to hydrolysis) is 2. The molecule has 308 valence electrons. The fraction of sp³-hybridized carbons (Fsp3) is 0.657. The molecule has 0 aliphatic rings. The fourth-order valence-corrected chi connectivity index (χ4v) is 5.46. The first-order chi connectivity index (χ1) is 25.6. The lowest BCUT2D eigenvalue weighted by Crippen LogP contribution is -2.45. The van der Waals surface area contributed by atoms with Crippen molar-refractivity contribution >= 4 is 39.7 Å². The van der Waals surface area contributed by atoms with Crippen LogP contribution in [0, 0.1) is 53.3 Å². The van der Waals surface area contributed by atoms with Crippen LogP contribution in [-0.2, 0) is 37.9 Å². The first-order valence-corrected chi connectivity index (χ1v) is 19.5. The summed E-state index contributed by atoms with van der Waals surface area (Å²) in [5.41, 5.74) is 10.3. The Labute approximate surface area is 322 Å². The SMILES string of the molecule is C#CP(C#C)P(C#CC)C#CC.CO.COCCO.COCCOC(=O)OCC(COC(=O)OCC(CO)NC(=O)OCC(C)C)NC(=O)OC(C)(C)C. The summed E-state index contributed by atoms with van der Waals surface area (Å²) < 4.78 is 38.7.